The molecule has 0 spiro atoms. The Morgan fingerprint density at radius 3 is 2.95 bits per heavy atom. The van der Waals surface area contributed by atoms with Crippen molar-refractivity contribution in [1.82, 2.24) is 4.90 Å². The van der Waals surface area contributed by atoms with Gasteiger partial charge in [-0.3, -0.25) is 0 Å². The lowest BCUT2D eigenvalue weighted by Crippen LogP contribution is -2.34. The molecule has 1 atom stereocenters. The summed E-state index contributed by atoms with van der Waals surface area (Å²) in [5.41, 5.74) is -0.0449. The van der Waals surface area contributed by atoms with Gasteiger partial charge in [-0.2, -0.15) is 0 Å². The molecule has 2 heterocycles. The Kier molecular flexibility index (Phi) is 3.83. The molecule has 1 N–H and O–H groups in total. The number of anilines is 1. The molecule has 2 amide bonds. The smallest absolute Gasteiger partial charge is 0.323 e. The lowest BCUT2D eigenvalue weighted by molar-refractivity contribution is 0.209. The maximum Gasteiger partial charge on any atom is 0.323 e. The molecule has 0 radical (unpaired) electrons. The number of carbonyl (C=O) groups excluding carboxylic acids is 1. The van der Waals surface area contributed by atoms with E-state index in [1.165, 1.54) is 6.07 Å². The second-order valence-corrected chi connectivity index (χ2v) is 5.67. The zero-order valence-corrected chi connectivity index (χ0v) is 11.7. The van der Waals surface area contributed by atoms with Crippen molar-refractivity contribution in [1.29, 1.82) is 0 Å². The monoisotopic (exact) mass is 310 g/mol. The molecule has 3 rings (SSSR count). The largest absolute Gasteiger partial charge is 0.466 e. The third-order valence-electron chi connectivity index (χ3n) is 3.11. The molecular formula is C14H12F2N2O2S. The van der Waals surface area contributed by atoms with Crippen LogP contribution in [0.2, 0.25) is 0 Å². The SMILES string of the molecule is O=C(Nc1ccc(F)cc1F)N1CCS[C@H]1c1ccco1. The summed E-state index contributed by atoms with van der Waals surface area (Å²) in [7, 11) is 0. The van der Waals surface area contributed by atoms with Crippen LogP contribution in [0.4, 0.5) is 19.3 Å². The maximum atomic E-state index is 13.6. The first kappa shape index (κ1) is 13.9. The van der Waals surface area contributed by atoms with E-state index >= 15 is 0 Å². The second-order valence-electron chi connectivity index (χ2n) is 4.49. The van der Waals surface area contributed by atoms with E-state index < -0.39 is 17.7 Å². The summed E-state index contributed by atoms with van der Waals surface area (Å²) >= 11 is 1.57. The van der Waals surface area contributed by atoms with E-state index in [4.69, 9.17) is 4.42 Å². The van der Waals surface area contributed by atoms with Gasteiger partial charge in [0, 0.05) is 18.4 Å². The molecule has 4 nitrogen and oxygen atoms in total. The Bertz CT molecular complexity index is 648. The fourth-order valence-electron chi connectivity index (χ4n) is 2.12. The highest BCUT2D eigenvalue weighted by Gasteiger charge is 2.32. The number of hydrogen-bond acceptors (Lipinski definition) is 3. The third-order valence-corrected chi connectivity index (χ3v) is 4.33. The van der Waals surface area contributed by atoms with Crippen molar-refractivity contribution in [3.8, 4) is 0 Å². The molecule has 1 saturated heterocycles. The van der Waals surface area contributed by atoms with Crippen LogP contribution in [-0.2, 0) is 0 Å². The number of amides is 2. The van der Waals surface area contributed by atoms with Crippen LogP contribution in [-0.4, -0.2) is 23.2 Å². The first-order chi connectivity index (χ1) is 10.1. The number of hydrogen-bond donors (Lipinski definition) is 1. The van der Waals surface area contributed by atoms with E-state index in [2.05, 4.69) is 5.32 Å². The number of halogens is 2. The fraction of sp³-hybridized carbons (Fsp3) is 0.214. The van der Waals surface area contributed by atoms with Crippen molar-refractivity contribution < 1.29 is 18.0 Å². The number of carbonyl (C=O) groups is 1. The van der Waals surface area contributed by atoms with E-state index in [-0.39, 0.29) is 11.1 Å². The Hall–Kier alpha value is -2.02. The van der Waals surface area contributed by atoms with Gasteiger partial charge in [-0.05, 0) is 24.3 Å². The van der Waals surface area contributed by atoms with Gasteiger partial charge in [-0.1, -0.05) is 0 Å². The highest BCUT2D eigenvalue weighted by Crippen LogP contribution is 2.38. The quantitative estimate of drug-likeness (QED) is 0.916. The van der Waals surface area contributed by atoms with Crippen molar-refractivity contribution in [2.24, 2.45) is 0 Å². The van der Waals surface area contributed by atoms with Gasteiger partial charge < -0.3 is 14.6 Å². The first-order valence-corrected chi connectivity index (χ1v) is 7.38. The van der Waals surface area contributed by atoms with E-state index in [0.29, 0.717) is 12.3 Å². The summed E-state index contributed by atoms with van der Waals surface area (Å²) in [6.45, 7) is 0.532. The number of urea groups is 1. The Morgan fingerprint density at radius 1 is 1.38 bits per heavy atom. The van der Waals surface area contributed by atoms with E-state index in [1.54, 1.807) is 35.1 Å². The predicted octanol–water partition coefficient (Wildman–Crippen LogP) is 3.84. The van der Waals surface area contributed by atoms with E-state index in [9.17, 15) is 13.6 Å². The molecule has 1 aromatic carbocycles. The van der Waals surface area contributed by atoms with Gasteiger partial charge in [0.1, 0.15) is 22.8 Å². The van der Waals surface area contributed by atoms with Crippen LogP contribution >= 0.6 is 11.8 Å². The summed E-state index contributed by atoms with van der Waals surface area (Å²) in [5, 5.41) is 2.23. The lowest BCUT2D eigenvalue weighted by atomic mass is 10.3. The van der Waals surface area contributed by atoms with Gasteiger partial charge in [0.25, 0.3) is 0 Å². The van der Waals surface area contributed by atoms with Crippen molar-refractivity contribution >= 4 is 23.5 Å². The molecule has 1 aromatic heterocycles. The standard InChI is InChI=1S/C14H12F2N2O2S/c15-9-3-4-11(10(16)8-9)17-14(19)18-5-7-21-13(18)12-2-1-6-20-12/h1-4,6,8,13H,5,7H2,(H,17,19)/t13-/m0/s1. The molecule has 0 unspecified atom stereocenters. The van der Waals surface area contributed by atoms with Crippen LogP contribution in [0, 0.1) is 11.6 Å². The van der Waals surface area contributed by atoms with Gasteiger partial charge in [-0.15, -0.1) is 11.8 Å². The molecule has 0 aliphatic carbocycles. The van der Waals surface area contributed by atoms with Gasteiger partial charge >= 0.3 is 6.03 Å². The zero-order valence-electron chi connectivity index (χ0n) is 10.9. The number of nitrogens with one attached hydrogen (secondary N) is 1. The van der Waals surface area contributed by atoms with E-state index in [1.807, 2.05) is 0 Å². The number of nitrogens with zero attached hydrogens (tertiary/aromatic N) is 1. The molecule has 0 saturated carbocycles. The maximum absolute atomic E-state index is 13.6. The molecule has 7 heteroatoms. The van der Waals surface area contributed by atoms with Crippen LogP contribution in [0.25, 0.3) is 0 Å². The van der Waals surface area contributed by atoms with Crippen molar-refractivity contribution in [2.45, 2.75) is 5.37 Å². The summed E-state index contributed by atoms with van der Waals surface area (Å²) in [5.74, 6) is -0.0438. The van der Waals surface area contributed by atoms with Crippen LogP contribution in [0.3, 0.4) is 0 Å². The van der Waals surface area contributed by atoms with E-state index in [0.717, 1.165) is 17.9 Å². The van der Waals surface area contributed by atoms with Crippen molar-refractivity contribution in [3.63, 3.8) is 0 Å². The summed E-state index contributed by atoms with van der Waals surface area (Å²) in [6.07, 6.45) is 1.55. The fourth-order valence-corrected chi connectivity index (χ4v) is 3.33. The Morgan fingerprint density at radius 2 is 2.24 bits per heavy atom. The Balaban J connectivity index is 1.75. The van der Waals surface area contributed by atoms with Crippen LogP contribution in [0.5, 0.6) is 0 Å². The van der Waals surface area contributed by atoms with Gasteiger partial charge in [0.2, 0.25) is 0 Å². The molecule has 21 heavy (non-hydrogen) atoms. The minimum atomic E-state index is -0.801. The van der Waals surface area contributed by atoms with Crippen LogP contribution < -0.4 is 5.32 Å². The Labute approximate surface area is 124 Å². The highest BCUT2D eigenvalue weighted by atomic mass is 32.2. The van der Waals surface area contributed by atoms with Crippen molar-refractivity contribution in [3.05, 3.63) is 54.0 Å². The lowest BCUT2D eigenvalue weighted by Gasteiger charge is -2.22. The van der Waals surface area contributed by atoms with Crippen molar-refractivity contribution in [2.75, 3.05) is 17.6 Å². The molecule has 2 aromatic rings. The molecule has 1 aliphatic heterocycles. The van der Waals surface area contributed by atoms with Crippen LogP contribution in [0.1, 0.15) is 11.1 Å². The molecule has 1 aliphatic rings. The predicted molar refractivity (Wildman–Crippen MR) is 76.0 cm³/mol. The minimum Gasteiger partial charge on any atom is -0.466 e. The number of thioether (sulfide) groups is 1. The second kappa shape index (κ2) is 5.77. The molecule has 110 valence electrons. The average molecular weight is 310 g/mol. The molecular weight excluding hydrogens is 298 g/mol. The zero-order chi connectivity index (χ0) is 14.8. The van der Waals surface area contributed by atoms with Gasteiger partial charge in [0.15, 0.2) is 0 Å². The molecule has 1 fully saturated rings. The van der Waals surface area contributed by atoms with Crippen LogP contribution in [0.15, 0.2) is 41.0 Å². The normalized spacial score (nSPS) is 18.0. The summed E-state index contributed by atoms with van der Waals surface area (Å²) in [4.78, 5) is 13.8. The molecule has 0 bridgehead atoms. The summed E-state index contributed by atoms with van der Waals surface area (Å²) < 4.78 is 31.7. The van der Waals surface area contributed by atoms with Gasteiger partial charge in [-0.25, -0.2) is 13.6 Å². The highest BCUT2D eigenvalue weighted by molar-refractivity contribution is 7.99. The number of furan rings is 1. The summed E-state index contributed by atoms with van der Waals surface area (Å²) in [6, 6.07) is 6.14. The van der Waals surface area contributed by atoms with Gasteiger partial charge in [0.05, 0.1) is 12.0 Å². The average Bonchev–Trinajstić information content (AvgIpc) is 3.10. The topological polar surface area (TPSA) is 45.5 Å². The minimum absolute atomic E-state index is 0.0449. The number of benzene rings is 1. The third kappa shape index (κ3) is 2.87. The first-order valence-electron chi connectivity index (χ1n) is 6.33. The number of rotatable bonds is 2.